The molecule has 1 atom stereocenters. The Morgan fingerprint density at radius 1 is 1.11 bits per heavy atom. The average molecular weight is 496 g/mol. The Hall–Kier alpha value is -3.27. The van der Waals surface area contributed by atoms with Crippen LogP contribution in [0.15, 0.2) is 60.7 Å². The first-order valence-corrected chi connectivity index (χ1v) is 13.5. The van der Waals surface area contributed by atoms with Gasteiger partial charge in [-0.3, -0.25) is 4.31 Å². The third-order valence-electron chi connectivity index (χ3n) is 6.16. The standard InChI is InChI=1S/C26H29N3O5S/c1-35(31,32)29-12-4-13-34-26-10-7-18(15-24(26)29)25(30)17-27-11-14-33-19-8-9-21-20-5-2-3-6-22(20)28-23(21)16-19/h2-3,5-10,15-16,25,27-28,30H,4,11-14,17H2,1H3/t25-/m0/s1. The van der Waals surface area contributed by atoms with E-state index in [1.165, 1.54) is 15.9 Å². The number of fused-ring (bicyclic) bond motifs is 4. The van der Waals surface area contributed by atoms with E-state index in [0.29, 0.717) is 56.3 Å². The molecular weight excluding hydrogens is 466 g/mol. The van der Waals surface area contributed by atoms with Crippen LogP contribution >= 0.6 is 0 Å². The Labute approximate surface area is 204 Å². The Bertz CT molecular complexity index is 1450. The monoisotopic (exact) mass is 495 g/mol. The van der Waals surface area contributed by atoms with Crippen molar-refractivity contribution in [1.82, 2.24) is 10.3 Å². The number of hydrogen-bond acceptors (Lipinski definition) is 6. The van der Waals surface area contributed by atoms with Gasteiger partial charge in [-0.1, -0.05) is 24.3 Å². The molecule has 0 unspecified atom stereocenters. The molecule has 0 amide bonds. The van der Waals surface area contributed by atoms with Crippen LogP contribution in [-0.4, -0.2) is 57.6 Å². The summed E-state index contributed by atoms with van der Waals surface area (Å²) in [6.45, 7) is 2.10. The molecule has 0 aliphatic carbocycles. The number of nitrogens with zero attached hydrogens (tertiary/aromatic N) is 1. The molecule has 3 aromatic carbocycles. The number of aliphatic hydroxyl groups is 1. The number of rotatable bonds is 8. The lowest BCUT2D eigenvalue weighted by atomic mass is 10.1. The number of para-hydroxylation sites is 1. The Morgan fingerprint density at radius 3 is 2.80 bits per heavy atom. The molecule has 1 aliphatic heterocycles. The zero-order valence-corrected chi connectivity index (χ0v) is 20.3. The highest BCUT2D eigenvalue weighted by Gasteiger charge is 2.25. The minimum atomic E-state index is -3.44. The Balaban J connectivity index is 1.17. The van der Waals surface area contributed by atoms with E-state index in [0.717, 1.165) is 22.2 Å². The minimum Gasteiger partial charge on any atom is -0.492 e. The van der Waals surface area contributed by atoms with Crippen molar-refractivity contribution >= 4 is 37.5 Å². The number of aromatic amines is 1. The molecule has 9 heteroatoms. The van der Waals surface area contributed by atoms with E-state index < -0.39 is 16.1 Å². The molecule has 8 nitrogen and oxygen atoms in total. The highest BCUT2D eigenvalue weighted by Crippen LogP contribution is 2.35. The third-order valence-corrected chi connectivity index (χ3v) is 7.34. The van der Waals surface area contributed by atoms with Gasteiger partial charge >= 0.3 is 0 Å². The fourth-order valence-corrected chi connectivity index (χ4v) is 5.40. The minimum absolute atomic E-state index is 0.308. The summed E-state index contributed by atoms with van der Waals surface area (Å²) in [6.07, 6.45) is 0.990. The van der Waals surface area contributed by atoms with Crippen LogP contribution in [0.4, 0.5) is 5.69 Å². The van der Waals surface area contributed by atoms with Crippen molar-refractivity contribution in [2.45, 2.75) is 12.5 Å². The van der Waals surface area contributed by atoms with E-state index in [9.17, 15) is 13.5 Å². The van der Waals surface area contributed by atoms with Crippen LogP contribution in [-0.2, 0) is 10.0 Å². The van der Waals surface area contributed by atoms with Crippen molar-refractivity contribution < 1.29 is 23.0 Å². The summed E-state index contributed by atoms with van der Waals surface area (Å²) in [7, 11) is -3.44. The van der Waals surface area contributed by atoms with Crippen molar-refractivity contribution in [1.29, 1.82) is 0 Å². The smallest absolute Gasteiger partial charge is 0.232 e. The molecule has 0 saturated heterocycles. The molecule has 2 heterocycles. The normalized spacial score (nSPS) is 15.0. The average Bonchev–Trinajstić information content (AvgIpc) is 3.05. The Morgan fingerprint density at radius 2 is 1.94 bits per heavy atom. The zero-order valence-electron chi connectivity index (χ0n) is 19.5. The van der Waals surface area contributed by atoms with E-state index >= 15 is 0 Å². The van der Waals surface area contributed by atoms with Crippen LogP contribution in [0, 0.1) is 0 Å². The third kappa shape index (κ3) is 5.07. The van der Waals surface area contributed by atoms with Gasteiger partial charge in [-0.25, -0.2) is 8.42 Å². The van der Waals surface area contributed by atoms with Gasteiger partial charge < -0.3 is 24.9 Å². The summed E-state index contributed by atoms with van der Waals surface area (Å²) < 4.78 is 37.4. The van der Waals surface area contributed by atoms with Gasteiger partial charge in [0.05, 0.1) is 30.2 Å². The number of hydrogen-bond donors (Lipinski definition) is 3. The number of benzene rings is 3. The first-order valence-electron chi connectivity index (χ1n) is 11.7. The van der Waals surface area contributed by atoms with Gasteiger partial charge in [0, 0.05) is 48.4 Å². The van der Waals surface area contributed by atoms with Gasteiger partial charge in [0.1, 0.15) is 18.1 Å². The van der Waals surface area contributed by atoms with Crippen LogP contribution in [0.1, 0.15) is 18.1 Å². The molecule has 1 aliphatic rings. The number of anilines is 1. The van der Waals surface area contributed by atoms with Crippen LogP contribution in [0.25, 0.3) is 21.8 Å². The van der Waals surface area contributed by atoms with Gasteiger partial charge in [0.25, 0.3) is 0 Å². The summed E-state index contributed by atoms with van der Waals surface area (Å²) in [5, 5.41) is 16.2. The van der Waals surface area contributed by atoms with Crippen molar-refractivity contribution in [2.75, 3.05) is 43.4 Å². The van der Waals surface area contributed by atoms with Gasteiger partial charge in [-0.15, -0.1) is 0 Å². The van der Waals surface area contributed by atoms with E-state index in [2.05, 4.69) is 28.5 Å². The summed E-state index contributed by atoms with van der Waals surface area (Å²) >= 11 is 0. The molecular formula is C26H29N3O5S. The number of aliphatic hydroxyl groups excluding tert-OH is 1. The topological polar surface area (TPSA) is 104 Å². The van der Waals surface area contributed by atoms with E-state index in [1.807, 2.05) is 24.3 Å². The second-order valence-electron chi connectivity index (χ2n) is 8.71. The summed E-state index contributed by atoms with van der Waals surface area (Å²) in [5.74, 6) is 1.29. The SMILES string of the molecule is CS(=O)(=O)N1CCCOc2ccc([C@@H](O)CNCCOc3ccc4c(c3)[nH]c3ccccc34)cc21. The summed E-state index contributed by atoms with van der Waals surface area (Å²) in [6, 6.07) is 19.4. The van der Waals surface area contributed by atoms with Gasteiger partial charge in [0.2, 0.25) is 10.0 Å². The fraction of sp³-hybridized carbons (Fsp3) is 0.308. The molecule has 3 N–H and O–H groups in total. The molecule has 35 heavy (non-hydrogen) atoms. The van der Waals surface area contributed by atoms with Gasteiger partial charge in [0.15, 0.2) is 0 Å². The lowest BCUT2D eigenvalue weighted by Crippen LogP contribution is -2.30. The number of nitrogens with one attached hydrogen (secondary N) is 2. The van der Waals surface area contributed by atoms with Crippen LogP contribution in [0.5, 0.6) is 11.5 Å². The molecule has 0 spiro atoms. The maximum absolute atomic E-state index is 12.2. The zero-order chi connectivity index (χ0) is 24.4. The summed E-state index contributed by atoms with van der Waals surface area (Å²) in [5.41, 5.74) is 3.22. The van der Waals surface area contributed by atoms with Gasteiger partial charge in [-0.05, 0) is 35.9 Å². The first kappa shape index (κ1) is 23.5. The fourth-order valence-electron chi connectivity index (χ4n) is 4.44. The molecule has 4 aromatic rings. The molecule has 1 aromatic heterocycles. The van der Waals surface area contributed by atoms with Crippen LogP contribution < -0.4 is 19.1 Å². The van der Waals surface area contributed by atoms with E-state index in [-0.39, 0.29) is 0 Å². The maximum atomic E-state index is 12.2. The molecule has 0 saturated carbocycles. The number of H-pyrrole nitrogens is 1. The second-order valence-corrected chi connectivity index (χ2v) is 10.6. The number of ether oxygens (including phenoxy) is 2. The van der Waals surface area contributed by atoms with E-state index in [4.69, 9.17) is 9.47 Å². The largest absolute Gasteiger partial charge is 0.492 e. The van der Waals surface area contributed by atoms with E-state index in [1.54, 1.807) is 18.2 Å². The lowest BCUT2D eigenvalue weighted by molar-refractivity contribution is 0.172. The van der Waals surface area contributed by atoms with Crippen molar-refractivity contribution in [2.24, 2.45) is 0 Å². The first-order chi connectivity index (χ1) is 16.9. The predicted octanol–water partition coefficient (Wildman–Crippen LogP) is 3.57. The molecule has 5 rings (SSSR count). The predicted molar refractivity (Wildman–Crippen MR) is 138 cm³/mol. The van der Waals surface area contributed by atoms with Crippen LogP contribution in [0.2, 0.25) is 0 Å². The molecule has 184 valence electrons. The second kappa shape index (κ2) is 9.77. The van der Waals surface area contributed by atoms with Crippen LogP contribution in [0.3, 0.4) is 0 Å². The van der Waals surface area contributed by atoms with Crippen molar-refractivity contribution in [3.63, 3.8) is 0 Å². The van der Waals surface area contributed by atoms with Crippen molar-refractivity contribution in [3.05, 3.63) is 66.2 Å². The molecule has 0 bridgehead atoms. The number of sulfonamides is 1. The lowest BCUT2D eigenvalue weighted by Gasteiger charge is -2.23. The maximum Gasteiger partial charge on any atom is 0.232 e. The van der Waals surface area contributed by atoms with Gasteiger partial charge in [-0.2, -0.15) is 0 Å². The number of aromatic nitrogens is 1. The highest BCUT2D eigenvalue weighted by molar-refractivity contribution is 7.92. The molecule has 0 fully saturated rings. The highest BCUT2D eigenvalue weighted by atomic mass is 32.2. The summed E-state index contributed by atoms with van der Waals surface area (Å²) in [4.78, 5) is 3.41. The van der Waals surface area contributed by atoms with Crippen molar-refractivity contribution in [3.8, 4) is 11.5 Å². The molecule has 0 radical (unpaired) electrons. The Kier molecular flexibility index (Phi) is 6.55. The quantitative estimate of drug-likeness (QED) is 0.323.